The average Bonchev–Trinajstić information content (AvgIpc) is 2.95. The number of para-hydroxylation sites is 2. The number of nitrogens with zero attached hydrogens (tertiary/aromatic N) is 1. The lowest BCUT2D eigenvalue weighted by Gasteiger charge is -2.23. The summed E-state index contributed by atoms with van der Waals surface area (Å²) in [5, 5.41) is 3.53. The number of hydrogen-bond acceptors (Lipinski definition) is 2. The Hall–Kier alpha value is -2.29. The van der Waals surface area contributed by atoms with Gasteiger partial charge in [-0.1, -0.05) is 42.5 Å². The molecule has 2 aromatic rings. The van der Waals surface area contributed by atoms with Gasteiger partial charge in [0.2, 0.25) is 5.91 Å². The van der Waals surface area contributed by atoms with Gasteiger partial charge < -0.3 is 10.2 Å². The molecule has 108 valence electrons. The molecule has 0 aromatic heterocycles. The number of carbonyl (C=O) groups excluding carboxylic acids is 1. The second-order valence-electron chi connectivity index (χ2n) is 5.44. The molecule has 0 aliphatic carbocycles. The standard InChI is InChI=1S/C18H20N2O/c1-14(15-8-3-2-4-9-15)19-16-10-5-6-11-17(16)20-13-7-12-18(20)21/h2-6,8-11,14,19H,7,12-13H2,1H3. The second-order valence-corrected chi connectivity index (χ2v) is 5.44. The van der Waals surface area contributed by atoms with Crippen molar-refractivity contribution in [2.75, 3.05) is 16.8 Å². The van der Waals surface area contributed by atoms with Crippen molar-refractivity contribution >= 4 is 17.3 Å². The molecular formula is C18H20N2O. The zero-order valence-electron chi connectivity index (χ0n) is 12.3. The Bertz CT molecular complexity index is 624. The zero-order valence-corrected chi connectivity index (χ0v) is 12.3. The molecular weight excluding hydrogens is 260 g/mol. The molecule has 2 aromatic carbocycles. The summed E-state index contributed by atoms with van der Waals surface area (Å²) in [6.07, 6.45) is 1.60. The molecule has 0 bridgehead atoms. The van der Waals surface area contributed by atoms with Gasteiger partial charge in [0, 0.05) is 19.0 Å². The number of rotatable bonds is 4. The summed E-state index contributed by atoms with van der Waals surface area (Å²) >= 11 is 0. The molecule has 1 N–H and O–H groups in total. The van der Waals surface area contributed by atoms with E-state index in [1.54, 1.807) is 0 Å². The molecule has 3 nitrogen and oxygen atoms in total. The van der Waals surface area contributed by atoms with Gasteiger partial charge in [-0.3, -0.25) is 4.79 Å². The number of amides is 1. The number of hydrogen-bond donors (Lipinski definition) is 1. The van der Waals surface area contributed by atoms with Crippen LogP contribution in [0.3, 0.4) is 0 Å². The van der Waals surface area contributed by atoms with E-state index in [2.05, 4.69) is 24.4 Å². The van der Waals surface area contributed by atoms with Crippen LogP contribution in [0.15, 0.2) is 54.6 Å². The Morgan fingerprint density at radius 2 is 1.76 bits per heavy atom. The van der Waals surface area contributed by atoms with E-state index in [0.29, 0.717) is 6.42 Å². The lowest BCUT2D eigenvalue weighted by molar-refractivity contribution is -0.117. The number of anilines is 2. The Morgan fingerprint density at radius 3 is 2.48 bits per heavy atom. The summed E-state index contributed by atoms with van der Waals surface area (Å²) in [4.78, 5) is 13.9. The molecule has 1 atom stereocenters. The van der Waals surface area contributed by atoms with Gasteiger partial charge in [0.1, 0.15) is 0 Å². The lowest BCUT2D eigenvalue weighted by Crippen LogP contribution is -2.25. The number of nitrogens with one attached hydrogen (secondary N) is 1. The summed E-state index contributed by atoms with van der Waals surface area (Å²) in [5.74, 6) is 0.219. The predicted octanol–water partition coefficient (Wildman–Crippen LogP) is 3.99. The highest BCUT2D eigenvalue weighted by Gasteiger charge is 2.24. The fourth-order valence-electron chi connectivity index (χ4n) is 2.79. The normalized spacial score (nSPS) is 16.0. The predicted molar refractivity (Wildman–Crippen MR) is 86.5 cm³/mol. The van der Waals surface area contributed by atoms with Crippen LogP contribution < -0.4 is 10.2 Å². The van der Waals surface area contributed by atoms with E-state index >= 15 is 0 Å². The van der Waals surface area contributed by atoms with Gasteiger partial charge in [0.05, 0.1) is 11.4 Å². The van der Waals surface area contributed by atoms with Crippen molar-refractivity contribution in [3.8, 4) is 0 Å². The van der Waals surface area contributed by atoms with E-state index in [1.807, 2.05) is 47.4 Å². The maximum Gasteiger partial charge on any atom is 0.227 e. The first kappa shape index (κ1) is 13.7. The maximum absolute atomic E-state index is 12.0. The number of benzene rings is 2. The van der Waals surface area contributed by atoms with Gasteiger partial charge in [-0.2, -0.15) is 0 Å². The molecule has 0 saturated carbocycles. The summed E-state index contributed by atoms with van der Waals surface area (Å²) in [6, 6.07) is 18.6. The van der Waals surface area contributed by atoms with Crippen molar-refractivity contribution < 1.29 is 4.79 Å². The number of carbonyl (C=O) groups is 1. The van der Waals surface area contributed by atoms with Gasteiger partial charge >= 0.3 is 0 Å². The minimum atomic E-state index is 0.199. The van der Waals surface area contributed by atoms with Crippen molar-refractivity contribution in [1.82, 2.24) is 0 Å². The van der Waals surface area contributed by atoms with E-state index in [9.17, 15) is 4.79 Å². The summed E-state index contributed by atoms with van der Waals surface area (Å²) < 4.78 is 0. The van der Waals surface area contributed by atoms with Gasteiger partial charge in [-0.15, -0.1) is 0 Å². The Morgan fingerprint density at radius 1 is 1.05 bits per heavy atom. The van der Waals surface area contributed by atoms with Crippen LogP contribution in [0.1, 0.15) is 31.4 Å². The molecule has 1 aliphatic heterocycles. The van der Waals surface area contributed by atoms with Crippen LogP contribution in [-0.2, 0) is 4.79 Å². The SMILES string of the molecule is CC(Nc1ccccc1N1CCCC1=O)c1ccccc1. The molecule has 1 unspecified atom stereocenters. The minimum Gasteiger partial charge on any atom is -0.377 e. The highest BCUT2D eigenvalue weighted by atomic mass is 16.2. The molecule has 1 saturated heterocycles. The van der Waals surface area contributed by atoms with Crippen LogP contribution >= 0.6 is 0 Å². The summed E-state index contributed by atoms with van der Waals surface area (Å²) in [7, 11) is 0. The van der Waals surface area contributed by atoms with Crippen molar-refractivity contribution in [2.24, 2.45) is 0 Å². The fourth-order valence-corrected chi connectivity index (χ4v) is 2.79. The average molecular weight is 280 g/mol. The Labute approximate surface area is 125 Å². The largest absolute Gasteiger partial charge is 0.377 e. The van der Waals surface area contributed by atoms with Crippen LogP contribution in [0.2, 0.25) is 0 Å². The first-order valence-corrected chi connectivity index (χ1v) is 7.46. The molecule has 0 spiro atoms. The highest BCUT2D eigenvalue weighted by molar-refractivity contribution is 5.98. The third-order valence-corrected chi connectivity index (χ3v) is 3.94. The monoisotopic (exact) mass is 280 g/mol. The van der Waals surface area contributed by atoms with Crippen LogP contribution in [0.25, 0.3) is 0 Å². The van der Waals surface area contributed by atoms with Crippen molar-refractivity contribution in [3.05, 3.63) is 60.2 Å². The van der Waals surface area contributed by atoms with Crippen molar-refractivity contribution in [3.63, 3.8) is 0 Å². The van der Waals surface area contributed by atoms with Gasteiger partial charge in [0.25, 0.3) is 0 Å². The summed E-state index contributed by atoms with van der Waals surface area (Å²) in [5.41, 5.74) is 3.24. The zero-order chi connectivity index (χ0) is 14.7. The second kappa shape index (κ2) is 6.00. The van der Waals surface area contributed by atoms with E-state index in [4.69, 9.17) is 0 Å². The Balaban J connectivity index is 1.84. The molecule has 1 amide bonds. The first-order valence-electron chi connectivity index (χ1n) is 7.46. The molecule has 3 heteroatoms. The van der Waals surface area contributed by atoms with E-state index < -0.39 is 0 Å². The third-order valence-electron chi connectivity index (χ3n) is 3.94. The van der Waals surface area contributed by atoms with E-state index in [0.717, 1.165) is 24.3 Å². The van der Waals surface area contributed by atoms with E-state index in [-0.39, 0.29) is 11.9 Å². The molecule has 0 radical (unpaired) electrons. The summed E-state index contributed by atoms with van der Waals surface area (Å²) in [6.45, 7) is 2.95. The lowest BCUT2D eigenvalue weighted by atomic mass is 10.1. The van der Waals surface area contributed by atoms with Crippen molar-refractivity contribution in [2.45, 2.75) is 25.8 Å². The smallest absolute Gasteiger partial charge is 0.227 e. The van der Waals surface area contributed by atoms with Crippen molar-refractivity contribution in [1.29, 1.82) is 0 Å². The van der Waals surface area contributed by atoms with E-state index in [1.165, 1.54) is 5.56 Å². The maximum atomic E-state index is 12.0. The van der Waals surface area contributed by atoms with Crippen LogP contribution in [0.5, 0.6) is 0 Å². The Kier molecular flexibility index (Phi) is 3.91. The molecule has 3 rings (SSSR count). The fraction of sp³-hybridized carbons (Fsp3) is 0.278. The van der Waals surface area contributed by atoms with Crippen LogP contribution in [-0.4, -0.2) is 12.5 Å². The minimum absolute atomic E-state index is 0.199. The molecule has 1 aliphatic rings. The topological polar surface area (TPSA) is 32.3 Å². The van der Waals surface area contributed by atoms with Gasteiger partial charge in [-0.05, 0) is 31.0 Å². The molecule has 1 heterocycles. The van der Waals surface area contributed by atoms with Gasteiger partial charge in [0.15, 0.2) is 0 Å². The highest BCUT2D eigenvalue weighted by Crippen LogP contribution is 2.31. The van der Waals surface area contributed by atoms with Crippen LogP contribution in [0, 0.1) is 0 Å². The van der Waals surface area contributed by atoms with Crippen LogP contribution in [0.4, 0.5) is 11.4 Å². The quantitative estimate of drug-likeness (QED) is 0.918. The first-order chi connectivity index (χ1) is 10.3. The van der Waals surface area contributed by atoms with Gasteiger partial charge in [-0.25, -0.2) is 0 Å². The molecule has 21 heavy (non-hydrogen) atoms. The molecule has 1 fully saturated rings. The third kappa shape index (κ3) is 2.92.